The molecule has 0 amide bonds. The number of benzene rings is 2. The number of anilines is 1. The highest BCUT2D eigenvalue weighted by Gasteiger charge is 2.29. The summed E-state index contributed by atoms with van der Waals surface area (Å²) < 4.78 is 15.7. The molecule has 1 aliphatic rings. The van der Waals surface area contributed by atoms with Gasteiger partial charge in [-0.05, 0) is 49.2 Å². The molecule has 0 bridgehead atoms. The Morgan fingerprint density at radius 2 is 2.00 bits per heavy atom. The fourth-order valence-electron chi connectivity index (χ4n) is 2.64. The molecule has 0 spiro atoms. The molecule has 106 valence electrons. The minimum absolute atomic E-state index is 0.244. The molecule has 4 rings (SSSR count). The molecule has 21 heavy (non-hydrogen) atoms. The third-order valence-corrected chi connectivity index (χ3v) is 4.15. The monoisotopic (exact) mass is 301 g/mol. The highest BCUT2D eigenvalue weighted by Crippen LogP contribution is 2.41. The molecule has 2 N–H and O–H groups in total. The summed E-state index contributed by atoms with van der Waals surface area (Å²) in [5.74, 6) is 0.575. The molecular formula is C16H13ClFN3. The topological polar surface area (TPSA) is 43.8 Å². The van der Waals surface area contributed by atoms with E-state index < -0.39 is 0 Å². The predicted octanol–water partition coefficient (Wildman–Crippen LogP) is 4.41. The van der Waals surface area contributed by atoms with Crippen molar-refractivity contribution >= 4 is 28.3 Å². The molecule has 3 nitrogen and oxygen atoms in total. The summed E-state index contributed by atoms with van der Waals surface area (Å²) in [7, 11) is 0. The number of hydrogen-bond donors (Lipinski definition) is 1. The van der Waals surface area contributed by atoms with Gasteiger partial charge in [0.25, 0.3) is 0 Å². The van der Waals surface area contributed by atoms with Gasteiger partial charge in [0.15, 0.2) is 0 Å². The summed E-state index contributed by atoms with van der Waals surface area (Å²) in [6, 6.07) is 10.6. The van der Waals surface area contributed by atoms with Gasteiger partial charge in [0.2, 0.25) is 0 Å². The van der Waals surface area contributed by atoms with E-state index in [0.29, 0.717) is 16.8 Å². The van der Waals surface area contributed by atoms with Crippen LogP contribution in [0, 0.1) is 5.82 Å². The zero-order chi connectivity index (χ0) is 14.6. The number of rotatable bonds is 2. The number of nitrogens with two attached hydrogens (primary N) is 1. The zero-order valence-electron chi connectivity index (χ0n) is 11.2. The lowest BCUT2D eigenvalue weighted by molar-refractivity contribution is 0.628. The fourth-order valence-corrected chi connectivity index (χ4v) is 2.82. The number of imidazole rings is 1. The van der Waals surface area contributed by atoms with Crippen molar-refractivity contribution in [2.75, 3.05) is 5.73 Å². The van der Waals surface area contributed by atoms with Gasteiger partial charge < -0.3 is 10.3 Å². The van der Waals surface area contributed by atoms with Gasteiger partial charge in [-0.15, -0.1) is 0 Å². The highest BCUT2D eigenvalue weighted by atomic mass is 35.5. The van der Waals surface area contributed by atoms with Gasteiger partial charge >= 0.3 is 0 Å². The Bertz CT molecular complexity index is 852. The minimum Gasteiger partial charge on any atom is -0.398 e. The first-order chi connectivity index (χ1) is 10.1. The number of aromatic nitrogens is 2. The first-order valence-corrected chi connectivity index (χ1v) is 7.24. The first kappa shape index (κ1) is 12.7. The number of halogens is 2. The second kappa shape index (κ2) is 4.46. The number of fused-ring (bicyclic) bond motifs is 1. The van der Waals surface area contributed by atoms with Crippen molar-refractivity contribution in [1.29, 1.82) is 0 Å². The molecule has 5 heteroatoms. The molecule has 1 saturated carbocycles. The molecule has 1 aromatic heterocycles. The highest BCUT2D eigenvalue weighted by molar-refractivity contribution is 6.33. The van der Waals surface area contributed by atoms with Crippen LogP contribution in [-0.2, 0) is 0 Å². The van der Waals surface area contributed by atoms with Gasteiger partial charge in [-0.25, -0.2) is 9.37 Å². The minimum atomic E-state index is -0.244. The summed E-state index contributed by atoms with van der Waals surface area (Å²) in [5.41, 5.74) is 8.84. The van der Waals surface area contributed by atoms with Crippen LogP contribution >= 0.6 is 11.6 Å². The molecule has 1 heterocycles. The van der Waals surface area contributed by atoms with Crippen molar-refractivity contribution in [2.45, 2.75) is 18.9 Å². The van der Waals surface area contributed by atoms with Crippen molar-refractivity contribution in [3.8, 4) is 11.4 Å². The van der Waals surface area contributed by atoms with Gasteiger partial charge in [0, 0.05) is 11.6 Å². The maximum absolute atomic E-state index is 13.6. The van der Waals surface area contributed by atoms with E-state index in [1.54, 1.807) is 18.2 Å². The van der Waals surface area contributed by atoms with Crippen molar-refractivity contribution in [3.63, 3.8) is 0 Å². The molecule has 0 unspecified atom stereocenters. The van der Waals surface area contributed by atoms with Crippen molar-refractivity contribution < 1.29 is 4.39 Å². The quantitative estimate of drug-likeness (QED) is 0.712. The Balaban J connectivity index is 1.99. The summed E-state index contributed by atoms with van der Waals surface area (Å²) in [6.07, 6.45) is 2.19. The normalized spacial score (nSPS) is 14.8. The van der Waals surface area contributed by atoms with Gasteiger partial charge in [-0.2, -0.15) is 0 Å². The summed E-state index contributed by atoms with van der Waals surface area (Å²) in [6.45, 7) is 0. The lowest BCUT2D eigenvalue weighted by atomic mass is 10.2. The van der Waals surface area contributed by atoms with Crippen molar-refractivity contribution in [2.24, 2.45) is 0 Å². The summed E-state index contributed by atoms with van der Waals surface area (Å²) in [4.78, 5) is 4.65. The van der Waals surface area contributed by atoms with E-state index in [1.807, 2.05) is 12.1 Å². The van der Waals surface area contributed by atoms with E-state index in [9.17, 15) is 4.39 Å². The second-order valence-corrected chi connectivity index (χ2v) is 5.81. The Morgan fingerprint density at radius 1 is 1.19 bits per heavy atom. The molecule has 0 radical (unpaired) electrons. The van der Waals surface area contributed by atoms with E-state index in [1.165, 1.54) is 6.07 Å². The maximum Gasteiger partial charge on any atom is 0.141 e. The third-order valence-electron chi connectivity index (χ3n) is 3.82. The Kier molecular flexibility index (Phi) is 2.69. The van der Waals surface area contributed by atoms with Crippen LogP contribution in [0.25, 0.3) is 22.4 Å². The number of nitrogen functional groups attached to an aromatic ring is 1. The number of nitrogens with zero attached hydrogens (tertiary/aromatic N) is 2. The van der Waals surface area contributed by atoms with Gasteiger partial charge in [-0.3, -0.25) is 0 Å². The molecule has 0 aliphatic heterocycles. The van der Waals surface area contributed by atoms with Gasteiger partial charge in [0.05, 0.1) is 21.7 Å². The third kappa shape index (κ3) is 2.07. The SMILES string of the molecule is Nc1ccc(-c2nc3ccc(F)cc3n2C2CC2)cc1Cl. The first-order valence-electron chi connectivity index (χ1n) is 6.86. The Labute approximate surface area is 126 Å². The van der Waals surface area contributed by atoms with E-state index in [-0.39, 0.29) is 5.82 Å². The average molecular weight is 302 g/mol. The zero-order valence-corrected chi connectivity index (χ0v) is 11.9. The average Bonchev–Trinajstić information content (AvgIpc) is 3.23. The lowest BCUT2D eigenvalue weighted by Crippen LogP contribution is -1.98. The standard InChI is InChI=1S/C16H13ClFN3/c17-12-7-9(1-5-13(12)19)16-20-14-6-2-10(18)8-15(14)21(16)11-3-4-11/h1-2,5-8,11H,3-4,19H2. The molecule has 0 saturated heterocycles. The molecular weight excluding hydrogens is 289 g/mol. The molecule has 1 fully saturated rings. The second-order valence-electron chi connectivity index (χ2n) is 5.41. The van der Waals surface area contributed by atoms with E-state index in [4.69, 9.17) is 17.3 Å². The fraction of sp³-hybridized carbons (Fsp3) is 0.188. The van der Waals surface area contributed by atoms with Crippen LogP contribution in [0.5, 0.6) is 0 Å². The number of hydrogen-bond acceptors (Lipinski definition) is 2. The van der Waals surface area contributed by atoms with Crippen molar-refractivity contribution in [1.82, 2.24) is 9.55 Å². The van der Waals surface area contributed by atoms with Crippen LogP contribution in [0.2, 0.25) is 5.02 Å². The maximum atomic E-state index is 13.6. The van der Waals surface area contributed by atoms with Gasteiger partial charge in [0.1, 0.15) is 11.6 Å². The smallest absolute Gasteiger partial charge is 0.141 e. The summed E-state index contributed by atoms with van der Waals surface area (Å²) in [5, 5.41) is 0.507. The van der Waals surface area contributed by atoms with Gasteiger partial charge in [-0.1, -0.05) is 11.6 Å². The van der Waals surface area contributed by atoms with E-state index >= 15 is 0 Å². The summed E-state index contributed by atoms with van der Waals surface area (Å²) >= 11 is 6.11. The van der Waals surface area contributed by atoms with Crippen LogP contribution < -0.4 is 5.73 Å². The largest absolute Gasteiger partial charge is 0.398 e. The van der Waals surface area contributed by atoms with Crippen molar-refractivity contribution in [3.05, 3.63) is 47.2 Å². The van der Waals surface area contributed by atoms with E-state index in [2.05, 4.69) is 9.55 Å². The van der Waals surface area contributed by atoms with Crippen LogP contribution in [-0.4, -0.2) is 9.55 Å². The van der Waals surface area contributed by atoms with Crippen LogP contribution in [0.15, 0.2) is 36.4 Å². The molecule has 3 aromatic rings. The lowest BCUT2D eigenvalue weighted by Gasteiger charge is -2.08. The molecule has 0 atom stereocenters. The predicted molar refractivity (Wildman–Crippen MR) is 82.8 cm³/mol. The Morgan fingerprint density at radius 3 is 2.71 bits per heavy atom. The van der Waals surface area contributed by atoms with Crippen LogP contribution in [0.4, 0.5) is 10.1 Å². The van der Waals surface area contributed by atoms with Crippen LogP contribution in [0.1, 0.15) is 18.9 Å². The molecule has 2 aromatic carbocycles. The van der Waals surface area contributed by atoms with Crippen LogP contribution in [0.3, 0.4) is 0 Å². The Hall–Kier alpha value is -2.07. The molecule has 1 aliphatic carbocycles. The van der Waals surface area contributed by atoms with E-state index in [0.717, 1.165) is 35.3 Å².